The zero-order valence-electron chi connectivity index (χ0n) is 19.0. The minimum absolute atomic E-state index is 0.0894. The highest BCUT2D eigenvalue weighted by molar-refractivity contribution is 6.02. The predicted octanol–water partition coefficient (Wildman–Crippen LogP) is 7.49. The summed E-state index contributed by atoms with van der Waals surface area (Å²) in [5, 5.41) is 0. The van der Waals surface area contributed by atoms with E-state index in [0.717, 1.165) is 24.7 Å². The fourth-order valence-corrected chi connectivity index (χ4v) is 5.43. The van der Waals surface area contributed by atoms with E-state index in [0.29, 0.717) is 0 Å². The fourth-order valence-electron chi connectivity index (χ4n) is 5.43. The van der Waals surface area contributed by atoms with Crippen LogP contribution in [0, 0.1) is 5.92 Å². The number of allylic oxidation sites excluding steroid dienone is 1. The summed E-state index contributed by atoms with van der Waals surface area (Å²) in [6.07, 6.45) is 10.8. The molecule has 0 N–H and O–H groups in total. The molecule has 5 rings (SSSR count). The molecule has 0 heterocycles. The van der Waals surface area contributed by atoms with Gasteiger partial charge in [-0.2, -0.15) is 0 Å². The van der Waals surface area contributed by atoms with Crippen molar-refractivity contribution in [3.05, 3.63) is 112 Å². The number of hydrogen-bond acceptors (Lipinski definition) is 1. The van der Waals surface area contributed by atoms with Crippen molar-refractivity contribution in [1.29, 1.82) is 0 Å². The monoisotopic (exact) mass is 420 g/mol. The molecule has 3 aromatic carbocycles. The Balaban J connectivity index is 1.33. The van der Waals surface area contributed by atoms with E-state index in [1.54, 1.807) is 6.08 Å². The lowest BCUT2D eigenvalue weighted by Gasteiger charge is -2.26. The molecular formula is C31H32O. The molecule has 1 saturated carbocycles. The summed E-state index contributed by atoms with van der Waals surface area (Å²) in [6.45, 7) is 2.38. The zero-order chi connectivity index (χ0) is 21.9. The number of carbonyl (C=O) groups excluding carboxylic acids is 1. The van der Waals surface area contributed by atoms with Gasteiger partial charge in [-0.25, -0.2) is 0 Å². The van der Waals surface area contributed by atoms with Crippen LogP contribution in [0.5, 0.6) is 0 Å². The summed E-state index contributed by atoms with van der Waals surface area (Å²) in [7, 11) is 0. The summed E-state index contributed by atoms with van der Waals surface area (Å²) in [5.74, 6) is 1.75. The fraction of sp³-hybridized carbons (Fsp3) is 0.323. The Bertz CT molecular complexity index is 1100. The Morgan fingerprint density at radius 3 is 2.22 bits per heavy atom. The highest BCUT2D eigenvalue weighted by Gasteiger charge is 2.25. The van der Waals surface area contributed by atoms with Crippen LogP contribution in [0.15, 0.2) is 78.9 Å². The molecule has 1 fully saturated rings. The van der Waals surface area contributed by atoms with Crippen LogP contribution >= 0.6 is 0 Å². The van der Waals surface area contributed by atoms with Gasteiger partial charge >= 0.3 is 0 Å². The topological polar surface area (TPSA) is 17.1 Å². The quantitative estimate of drug-likeness (QED) is 0.418. The van der Waals surface area contributed by atoms with Crippen molar-refractivity contribution in [3.8, 4) is 0 Å². The van der Waals surface area contributed by atoms with Gasteiger partial charge in [0.05, 0.1) is 5.92 Å². The van der Waals surface area contributed by atoms with Crippen LogP contribution in [-0.2, 0) is 17.6 Å². The van der Waals surface area contributed by atoms with Crippen molar-refractivity contribution in [1.82, 2.24) is 0 Å². The van der Waals surface area contributed by atoms with E-state index in [4.69, 9.17) is 0 Å². The average molecular weight is 421 g/mol. The summed E-state index contributed by atoms with van der Waals surface area (Å²) in [5.41, 5.74) is 7.69. The number of benzene rings is 3. The van der Waals surface area contributed by atoms with E-state index >= 15 is 0 Å². The highest BCUT2D eigenvalue weighted by Crippen LogP contribution is 2.36. The first-order valence-corrected chi connectivity index (χ1v) is 12.1. The molecule has 1 nitrogen and oxygen atoms in total. The molecule has 0 amide bonds. The first-order chi connectivity index (χ1) is 15.7. The van der Waals surface area contributed by atoms with E-state index < -0.39 is 0 Å². The second-order valence-corrected chi connectivity index (χ2v) is 9.82. The van der Waals surface area contributed by atoms with Crippen LogP contribution in [0.25, 0.3) is 6.08 Å². The van der Waals surface area contributed by atoms with Gasteiger partial charge in [0.15, 0.2) is 5.78 Å². The van der Waals surface area contributed by atoms with Gasteiger partial charge in [-0.3, -0.25) is 4.79 Å². The van der Waals surface area contributed by atoms with Crippen LogP contribution in [0.1, 0.15) is 77.8 Å². The Hall–Kier alpha value is -2.93. The van der Waals surface area contributed by atoms with Crippen LogP contribution in [0.2, 0.25) is 0 Å². The van der Waals surface area contributed by atoms with Gasteiger partial charge in [0.2, 0.25) is 0 Å². The SMILES string of the molecule is CC1CCC(c2ccc(Cc3ccc4c(c3)C(Cc3ccccc3)C(=O)C=C4)cc2)CC1. The molecule has 0 bridgehead atoms. The number of hydrogen-bond donors (Lipinski definition) is 0. The van der Waals surface area contributed by atoms with Gasteiger partial charge < -0.3 is 0 Å². The third-order valence-corrected chi connectivity index (χ3v) is 7.46. The second kappa shape index (κ2) is 9.28. The number of ketones is 1. The van der Waals surface area contributed by atoms with E-state index in [9.17, 15) is 4.79 Å². The van der Waals surface area contributed by atoms with Crippen molar-refractivity contribution >= 4 is 11.9 Å². The summed E-state index contributed by atoms with van der Waals surface area (Å²) in [6, 6.07) is 26.3. The summed E-state index contributed by atoms with van der Waals surface area (Å²) in [4.78, 5) is 12.8. The Morgan fingerprint density at radius 2 is 1.47 bits per heavy atom. The average Bonchev–Trinajstić information content (AvgIpc) is 2.83. The lowest BCUT2D eigenvalue weighted by atomic mass is 9.79. The van der Waals surface area contributed by atoms with Gasteiger partial charge in [-0.05, 0) is 77.0 Å². The third-order valence-electron chi connectivity index (χ3n) is 7.46. The largest absolute Gasteiger partial charge is 0.294 e. The number of carbonyl (C=O) groups is 1. The molecular weight excluding hydrogens is 388 g/mol. The first kappa shape index (κ1) is 20.9. The number of fused-ring (bicyclic) bond motifs is 1. The van der Waals surface area contributed by atoms with Crippen LogP contribution < -0.4 is 0 Å². The molecule has 32 heavy (non-hydrogen) atoms. The van der Waals surface area contributed by atoms with Crippen LogP contribution in [-0.4, -0.2) is 5.78 Å². The lowest BCUT2D eigenvalue weighted by Crippen LogP contribution is -2.17. The first-order valence-electron chi connectivity index (χ1n) is 12.1. The summed E-state index contributed by atoms with van der Waals surface area (Å²) >= 11 is 0. The Kier molecular flexibility index (Phi) is 6.08. The third kappa shape index (κ3) is 4.63. The number of rotatable bonds is 5. The molecule has 1 heteroatoms. The van der Waals surface area contributed by atoms with Gasteiger partial charge in [0.1, 0.15) is 0 Å². The molecule has 162 valence electrons. The highest BCUT2D eigenvalue weighted by atomic mass is 16.1. The van der Waals surface area contributed by atoms with Crippen LogP contribution in [0.4, 0.5) is 0 Å². The van der Waals surface area contributed by atoms with Gasteiger partial charge in [-0.1, -0.05) is 98.6 Å². The van der Waals surface area contributed by atoms with Gasteiger partial charge in [-0.15, -0.1) is 0 Å². The van der Waals surface area contributed by atoms with Gasteiger partial charge in [0, 0.05) is 0 Å². The van der Waals surface area contributed by atoms with E-state index in [2.05, 4.69) is 61.5 Å². The van der Waals surface area contributed by atoms with E-state index in [1.807, 2.05) is 24.3 Å². The molecule has 0 spiro atoms. The van der Waals surface area contributed by atoms with E-state index in [-0.39, 0.29) is 11.7 Å². The lowest BCUT2D eigenvalue weighted by molar-refractivity contribution is -0.116. The molecule has 1 unspecified atom stereocenters. The molecule has 0 radical (unpaired) electrons. The maximum Gasteiger partial charge on any atom is 0.163 e. The van der Waals surface area contributed by atoms with Crippen molar-refractivity contribution in [2.45, 2.75) is 57.3 Å². The second-order valence-electron chi connectivity index (χ2n) is 9.82. The Morgan fingerprint density at radius 1 is 0.750 bits per heavy atom. The van der Waals surface area contributed by atoms with Crippen molar-refractivity contribution in [3.63, 3.8) is 0 Å². The smallest absolute Gasteiger partial charge is 0.163 e. The van der Waals surface area contributed by atoms with Crippen molar-refractivity contribution in [2.24, 2.45) is 5.92 Å². The molecule has 2 aliphatic rings. The van der Waals surface area contributed by atoms with Crippen molar-refractivity contribution in [2.75, 3.05) is 0 Å². The molecule has 0 saturated heterocycles. The molecule has 2 aliphatic carbocycles. The molecule has 0 aromatic heterocycles. The molecule has 1 atom stereocenters. The normalized spacial score (nSPS) is 22.5. The standard InChI is InChI=1S/C31H32O/c1-22-7-12-26(13-8-22)27-14-9-24(10-15-27)19-25-11-16-28-17-18-31(32)30(29(28)21-25)20-23-5-3-2-4-6-23/h2-6,9-11,14-18,21-22,26,30H,7-8,12-13,19-20H2,1H3. The van der Waals surface area contributed by atoms with E-state index in [1.165, 1.54) is 59.1 Å². The maximum atomic E-state index is 12.8. The minimum Gasteiger partial charge on any atom is -0.294 e. The molecule has 0 aliphatic heterocycles. The van der Waals surface area contributed by atoms with Crippen molar-refractivity contribution < 1.29 is 4.79 Å². The molecule has 3 aromatic rings. The zero-order valence-corrected chi connectivity index (χ0v) is 19.0. The predicted molar refractivity (Wildman–Crippen MR) is 133 cm³/mol. The van der Waals surface area contributed by atoms with Gasteiger partial charge in [0.25, 0.3) is 0 Å². The Labute approximate surface area is 192 Å². The summed E-state index contributed by atoms with van der Waals surface area (Å²) < 4.78 is 0. The maximum absolute atomic E-state index is 12.8. The minimum atomic E-state index is -0.0894. The van der Waals surface area contributed by atoms with Crippen LogP contribution in [0.3, 0.4) is 0 Å².